The predicted molar refractivity (Wildman–Crippen MR) is 109 cm³/mol. The number of nitrogens with zero attached hydrogens (tertiary/aromatic N) is 3. The molecule has 6 nitrogen and oxygen atoms in total. The predicted octanol–water partition coefficient (Wildman–Crippen LogP) is 3.47. The second kappa shape index (κ2) is 7.02. The van der Waals surface area contributed by atoms with E-state index in [1.807, 2.05) is 16.8 Å². The third-order valence-electron chi connectivity index (χ3n) is 6.05. The van der Waals surface area contributed by atoms with Gasteiger partial charge in [-0.25, -0.2) is 8.78 Å². The molecule has 2 aliphatic rings. The number of imidazole rings is 1. The van der Waals surface area contributed by atoms with Gasteiger partial charge in [-0.05, 0) is 36.8 Å². The molecule has 5 rings (SSSR count). The third-order valence-corrected chi connectivity index (χ3v) is 6.66. The Morgan fingerprint density at radius 2 is 2.27 bits per heavy atom. The highest BCUT2D eigenvalue weighted by Crippen LogP contribution is 2.67. The summed E-state index contributed by atoms with van der Waals surface area (Å²) in [4.78, 5) is 15.5. The maximum atomic E-state index is 14.7. The number of hydrogen-bond donors (Lipinski definition) is 2. The summed E-state index contributed by atoms with van der Waals surface area (Å²) in [5, 5.41) is 6.86. The molecule has 2 aromatic heterocycles. The van der Waals surface area contributed by atoms with Crippen LogP contribution in [0.2, 0.25) is 5.02 Å². The highest BCUT2D eigenvalue weighted by Gasteiger charge is 2.64. The van der Waals surface area contributed by atoms with Gasteiger partial charge in [0.15, 0.2) is 4.77 Å². The van der Waals surface area contributed by atoms with E-state index in [-0.39, 0.29) is 28.8 Å². The minimum absolute atomic E-state index is 0.0210. The zero-order valence-electron chi connectivity index (χ0n) is 15.8. The quantitative estimate of drug-likeness (QED) is 0.447. The fourth-order valence-corrected chi connectivity index (χ4v) is 5.09. The summed E-state index contributed by atoms with van der Waals surface area (Å²) in [5.41, 5.74) is 0.889. The van der Waals surface area contributed by atoms with E-state index in [0.29, 0.717) is 36.5 Å². The monoisotopic (exact) mass is 449 g/mol. The first kappa shape index (κ1) is 19.4. The number of nitrogens with one attached hydrogen (secondary N) is 2. The third kappa shape index (κ3) is 2.99. The number of benzene rings is 1. The molecule has 0 unspecified atom stereocenters. The second-order valence-corrected chi connectivity index (χ2v) is 8.60. The SMILES string of the molecule is O=C(Cc1[nH]c(=S)n2c1[C@@H]1C[C@]1(c1c(F)ccc(Cl)c1F)C2)NCCn1cccn1. The van der Waals surface area contributed by atoms with Crippen LogP contribution in [0.25, 0.3) is 0 Å². The van der Waals surface area contributed by atoms with E-state index in [0.717, 1.165) is 5.69 Å². The normalized spacial score (nSPS) is 21.4. The smallest absolute Gasteiger partial charge is 0.226 e. The van der Waals surface area contributed by atoms with Gasteiger partial charge in [-0.15, -0.1) is 0 Å². The number of aromatic nitrogens is 4. The molecule has 2 atom stereocenters. The first-order valence-corrected chi connectivity index (χ1v) is 10.4. The fourth-order valence-electron chi connectivity index (χ4n) is 4.65. The molecule has 0 bridgehead atoms. The van der Waals surface area contributed by atoms with Crippen molar-refractivity contribution in [3.8, 4) is 0 Å². The molecule has 1 fully saturated rings. The summed E-state index contributed by atoms with van der Waals surface area (Å²) < 4.78 is 33.3. The summed E-state index contributed by atoms with van der Waals surface area (Å²) in [5.74, 6) is -1.56. The van der Waals surface area contributed by atoms with Crippen LogP contribution in [-0.2, 0) is 29.7 Å². The molecule has 1 aliphatic heterocycles. The molecule has 3 heterocycles. The Labute approximate surface area is 180 Å². The number of H-pyrrole nitrogens is 1. The molecule has 0 radical (unpaired) electrons. The van der Waals surface area contributed by atoms with Crippen LogP contribution >= 0.6 is 23.8 Å². The van der Waals surface area contributed by atoms with Crippen molar-refractivity contribution < 1.29 is 13.6 Å². The Balaban J connectivity index is 1.35. The summed E-state index contributed by atoms with van der Waals surface area (Å²) in [6, 6.07) is 4.25. The van der Waals surface area contributed by atoms with Crippen molar-refractivity contribution >= 4 is 29.7 Å². The lowest BCUT2D eigenvalue weighted by atomic mass is 9.93. The molecular weight excluding hydrogens is 432 g/mol. The van der Waals surface area contributed by atoms with Crippen molar-refractivity contribution in [2.24, 2.45) is 0 Å². The van der Waals surface area contributed by atoms with Crippen molar-refractivity contribution in [3.63, 3.8) is 0 Å². The summed E-state index contributed by atoms with van der Waals surface area (Å²) in [6.07, 6.45) is 4.23. The highest BCUT2D eigenvalue weighted by molar-refractivity contribution is 7.71. The van der Waals surface area contributed by atoms with Crippen LogP contribution in [0.1, 0.15) is 29.3 Å². The molecule has 3 aromatic rings. The zero-order chi connectivity index (χ0) is 21.0. The van der Waals surface area contributed by atoms with Crippen LogP contribution in [-0.4, -0.2) is 31.8 Å². The Kier molecular flexibility index (Phi) is 4.55. The van der Waals surface area contributed by atoms with Gasteiger partial charge in [0.1, 0.15) is 11.6 Å². The summed E-state index contributed by atoms with van der Waals surface area (Å²) >= 11 is 11.3. The molecule has 30 heavy (non-hydrogen) atoms. The minimum Gasteiger partial charge on any atom is -0.354 e. The molecule has 0 saturated heterocycles. The maximum Gasteiger partial charge on any atom is 0.226 e. The molecule has 0 spiro atoms. The van der Waals surface area contributed by atoms with Gasteiger partial charge < -0.3 is 14.9 Å². The topological polar surface area (TPSA) is 67.6 Å². The number of carbonyl (C=O) groups excluding carboxylic acids is 1. The molecule has 1 aliphatic carbocycles. The van der Waals surface area contributed by atoms with Gasteiger partial charge in [-0.3, -0.25) is 9.48 Å². The molecule has 1 saturated carbocycles. The number of aromatic amines is 1. The lowest BCUT2D eigenvalue weighted by Gasteiger charge is -2.16. The van der Waals surface area contributed by atoms with Crippen molar-refractivity contribution in [1.29, 1.82) is 0 Å². The lowest BCUT2D eigenvalue weighted by molar-refractivity contribution is -0.120. The van der Waals surface area contributed by atoms with E-state index in [1.54, 1.807) is 10.9 Å². The Hall–Kier alpha value is -2.52. The lowest BCUT2D eigenvalue weighted by Crippen LogP contribution is -2.29. The van der Waals surface area contributed by atoms with Crippen LogP contribution in [0.15, 0.2) is 30.6 Å². The van der Waals surface area contributed by atoms with Crippen LogP contribution in [0.3, 0.4) is 0 Å². The Bertz CT molecular complexity index is 1200. The number of amides is 1. The molecule has 1 amide bonds. The molecule has 1 aromatic carbocycles. The Morgan fingerprint density at radius 3 is 3.03 bits per heavy atom. The van der Waals surface area contributed by atoms with Crippen LogP contribution in [0.4, 0.5) is 8.78 Å². The number of fused-ring (bicyclic) bond motifs is 3. The van der Waals surface area contributed by atoms with Gasteiger partial charge in [0.25, 0.3) is 0 Å². The first-order chi connectivity index (χ1) is 14.4. The molecular formula is C20H18ClF2N5OS. The van der Waals surface area contributed by atoms with Gasteiger partial charge in [0.2, 0.25) is 5.91 Å². The van der Waals surface area contributed by atoms with E-state index < -0.39 is 17.0 Å². The van der Waals surface area contributed by atoms with Gasteiger partial charge in [0.05, 0.1) is 18.0 Å². The van der Waals surface area contributed by atoms with E-state index >= 15 is 0 Å². The highest BCUT2D eigenvalue weighted by atomic mass is 35.5. The van der Waals surface area contributed by atoms with E-state index in [9.17, 15) is 13.6 Å². The van der Waals surface area contributed by atoms with Gasteiger partial charge in [-0.2, -0.15) is 5.10 Å². The number of rotatable bonds is 6. The second-order valence-electron chi connectivity index (χ2n) is 7.81. The molecule has 2 N–H and O–H groups in total. The van der Waals surface area contributed by atoms with E-state index in [2.05, 4.69) is 15.4 Å². The largest absolute Gasteiger partial charge is 0.354 e. The zero-order valence-corrected chi connectivity index (χ0v) is 17.4. The average molecular weight is 450 g/mol. The maximum absolute atomic E-state index is 14.7. The molecule has 10 heteroatoms. The average Bonchev–Trinajstić information content (AvgIpc) is 3.04. The van der Waals surface area contributed by atoms with Crippen molar-refractivity contribution in [3.05, 3.63) is 69.0 Å². The minimum atomic E-state index is -0.710. The van der Waals surface area contributed by atoms with Crippen molar-refractivity contribution in [2.75, 3.05) is 6.54 Å². The fraction of sp³-hybridized carbons (Fsp3) is 0.350. The summed E-state index contributed by atoms with van der Waals surface area (Å²) in [6.45, 7) is 1.39. The Morgan fingerprint density at radius 1 is 1.43 bits per heavy atom. The van der Waals surface area contributed by atoms with Crippen LogP contribution in [0.5, 0.6) is 0 Å². The van der Waals surface area contributed by atoms with Crippen molar-refractivity contribution in [1.82, 2.24) is 24.6 Å². The standard InChI is InChI=1S/C20H18ClF2N5OS/c21-12-2-3-13(22)16(17(12)23)20-9-11(20)18-14(26-19(30)28(18)10-20)8-15(29)24-5-7-27-6-1-4-25-27/h1-4,6,11H,5,7-10H2,(H,24,29)(H,26,30)/t11-,20-/m0/s1. The van der Waals surface area contributed by atoms with E-state index in [4.69, 9.17) is 23.8 Å². The number of halogens is 3. The van der Waals surface area contributed by atoms with Crippen LogP contribution < -0.4 is 5.32 Å². The van der Waals surface area contributed by atoms with Crippen LogP contribution in [0, 0.1) is 16.4 Å². The van der Waals surface area contributed by atoms with Gasteiger partial charge >= 0.3 is 0 Å². The van der Waals surface area contributed by atoms with Crippen molar-refractivity contribution in [2.45, 2.75) is 37.3 Å². The molecule has 156 valence electrons. The number of hydrogen-bond acceptors (Lipinski definition) is 3. The summed E-state index contributed by atoms with van der Waals surface area (Å²) in [7, 11) is 0. The number of carbonyl (C=O) groups is 1. The van der Waals surface area contributed by atoms with Gasteiger partial charge in [0, 0.05) is 53.8 Å². The van der Waals surface area contributed by atoms with E-state index in [1.165, 1.54) is 12.1 Å². The first-order valence-electron chi connectivity index (χ1n) is 9.60. The van der Waals surface area contributed by atoms with Gasteiger partial charge in [-0.1, -0.05) is 11.6 Å².